The molecule has 0 spiro atoms. The number of nitrogens with zero attached hydrogens (tertiary/aromatic N) is 1. The van der Waals surface area contributed by atoms with Gasteiger partial charge < -0.3 is 5.32 Å². The van der Waals surface area contributed by atoms with Crippen LogP contribution in [0.2, 0.25) is 0 Å². The zero-order valence-electron chi connectivity index (χ0n) is 9.93. The van der Waals surface area contributed by atoms with Crippen molar-refractivity contribution in [3.8, 4) is 0 Å². The molecule has 0 bridgehead atoms. The van der Waals surface area contributed by atoms with Crippen molar-refractivity contribution in [2.45, 2.75) is 0 Å². The van der Waals surface area contributed by atoms with Crippen LogP contribution in [0, 0.1) is 0 Å². The second-order valence-electron chi connectivity index (χ2n) is 3.69. The molecule has 1 aromatic rings. The maximum Gasteiger partial charge on any atom is 0.238 e. The van der Waals surface area contributed by atoms with Crippen LogP contribution in [0.5, 0.6) is 0 Å². The first-order valence-corrected chi connectivity index (χ1v) is 5.55. The summed E-state index contributed by atoms with van der Waals surface area (Å²) < 4.78 is 0. The van der Waals surface area contributed by atoms with Crippen molar-refractivity contribution in [3.63, 3.8) is 0 Å². The number of para-hydroxylation sites is 1. The van der Waals surface area contributed by atoms with E-state index >= 15 is 0 Å². The Morgan fingerprint density at radius 2 is 1.76 bits per heavy atom. The molecule has 0 atom stereocenters. The van der Waals surface area contributed by atoms with Crippen LogP contribution in [0.4, 0.5) is 5.69 Å². The van der Waals surface area contributed by atoms with Crippen LogP contribution in [0.3, 0.4) is 0 Å². The Morgan fingerprint density at radius 1 is 1.18 bits per heavy atom. The van der Waals surface area contributed by atoms with Gasteiger partial charge in [-0.25, -0.2) is 0 Å². The summed E-state index contributed by atoms with van der Waals surface area (Å²) >= 11 is 0. The maximum atomic E-state index is 11.8. The molecule has 0 heterocycles. The largest absolute Gasteiger partial charge is 0.325 e. The summed E-state index contributed by atoms with van der Waals surface area (Å²) in [5.74, 6) is -0.0279. The van der Waals surface area contributed by atoms with E-state index in [1.165, 1.54) is 0 Å². The smallest absolute Gasteiger partial charge is 0.238 e. The van der Waals surface area contributed by atoms with E-state index in [-0.39, 0.29) is 5.91 Å². The number of hydrogen-bond acceptors (Lipinski definition) is 2. The van der Waals surface area contributed by atoms with E-state index in [1.807, 2.05) is 35.2 Å². The Bertz CT molecular complexity index is 363. The Kier molecular flexibility index (Phi) is 5.75. The van der Waals surface area contributed by atoms with Crippen LogP contribution in [-0.4, -0.2) is 30.4 Å². The molecule has 0 radical (unpaired) electrons. The maximum absolute atomic E-state index is 11.8. The van der Waals surface area contributed by atoms with Crippen molar-refractivity contribution in [2.24, 2.45) is 0 Å². The zero-order chi connectivity index (χ0) is 12.5. The van der Waals surface area contributed by atoms with Crippen LogP contribution in [-0.2, 0) is 4.79 Å². The first-order valence-electron chi connectivity index (χ1n) is 5.55. The molecule has 1 rings (SSSR count). The van der Waals surface area contributed by atoms with E-state index in [2.05, 4.69) is 18.5 Å². The Balaban J connectivity index is 2.47. The second-order valence-corrected chi connectivity index (χ2v) is 3.69. The van der Waals surface area contributed by atoms with E-state index in [0.29, 0.717) is 19.6 Å². The van der Waals surface area contributed by atoms with Crippen molar-refractivity contribution in [3.05, 3.63) is 55.6 Å². The van der Waals surface area contributed by atoms with E-state index in [0.717, 1.165) is 5.69 Å². The molecule has 3 heteroatoms. The van der Waals surface area contributed by atoms with Gasteiger partial charge in [0.1, 0.15) is 0 Å². The number of nitrogens with one attached hydrogen (secondary N) is 1. The molecular formula is C14H18N2O. The van der Waals surface area contributed by atoms with Crippen LogP contribution in [0.1, 0.15) is 0 Å². The van der Waals surface area contributed by atoms with Crippen molar-refractivity contribution in [1.82, 2.24) is 4.90 Å². The molecule has 90 valence electrons. The van der Waals surface area contributed by atoms with Gasteiger partial charge in [-0.1, -0.05) is 30.4 Å². The van der Waals surface area contributed by atoms with Gasteiger partial charge in [-0.2, -0.15) is 0 Å². The summed E-state index contributed by atoms with van der Waals surface area (Å²) in [6.07, 6.45) is 3.55. The molecule has 1 aromatic carbocycles. The predicted octanol–water partition coefficient (Wildman–Crippen LogP) is 2.30. The average Bonchev–Trinajstić information content (AvgIpc) is 2.30. The Hall–Kier alpha value is -1.87. The minimum absolute atomic E-state index is 0.0279. The van der Waals surface area contributed by atoms with Gasteiger partial charge in [0.2, 0.25) is 5.91 Å². The lowest BCUT2D eigenvalue weighted by Crippen LogP contribution is -2.33. The fourth-order valence-corrected chi connectivity index (χ4v) is 1.49. The summed E-state index contributed by atoms with van der Waals surface area (Å²) in [6, 6.07) is 9.42. The summed E-state index contributed by atoms with van der Waals surface area (Å²) in [7, 11) is 0. The van der Waals surface area contributed by atoms with Crippen molar-refractivity contribution < 1.29 is 4.79 Å². The van der Waals surface area contributed by atoms with Gasteiger partial charge in [0.05, 0.1) is 6.54 Å². The van der Waals surface area contributed by atoms with Gasteiger partial charge in [-0.05, 0) is 12.1 Å². The van der Waals surface area contributed by atoms with E-state index in [4.69, 9.17) is 0 Å². The quantitative estimate of drug-likeness (QED) is 0.729. The Morgan fingerprint density at radius 3 is 2.29 bits per heavy atom. The topological polar surface area (TPSA) is 32.3 Å². The van der Waals surface area contributed by atoms with Crippen molar-refractivity contribution >= 4 is 11.6 Å². The van der Waals surface area contributed by atoms with Crippen molar-refractivity contribution in [1.29, 1.82) is 0 Å². The summed E-state index contributed by atoms with van der Waals surface area (Å²) in [5, 5.41) is 2.84. The minimum atomic E-state index is -0.0279. The lowest BCUT2D eigenvalue weighted by Gasteiger charge is -2.17. The van der Waals surface area contributed by atoms with Gasteiger partial charge in [0, 0.05) is 18.8 Å². The average molecular weight is 230 g/mol. The highest BCUT2D eigenvalue weighted by molar-refractivity contribution is 5.92. The molecule has 0 aliphatic carbocycles. The standard InChI is InChI=1S/C14H18N2O/c1-3-10-16(11-4-2)12-14(17)15-13-8-6-5-7-9-13/h3-9H,1-2,10-12H2,(H,15,17). The van der Waals surface area contributed by atoms with Crippen LogP contribution in [0.25, 0.3) is 0 Å². The number of benzene rings is 1. The van der Waals surface area contributed by atoms with Gasteiger partial charge >= 0.3 is 0 Å². The van der Waals surface area contributed by atoms with E-state index < -0.39 is 0 Å². The van der Waals surface area contributed by atoms with Crippen LogP contribution >= 0.6 is 0 Å². The number of carbonyl (C=O) groups is 1. The number of amides is 1. The third-order valence-electron chi connectivity index (χ3n) is 2.20. The number of rotatable bonds is 7. The van der Waals surface area contributed by atoms with E-state index in [1.54, 1.807) is 12.2 Å². The van der Waals surface area contributed by atoms with Gasteiger partial charge in [-0.15, -0.1) is 13.2 Å². The fourth-order valence-electron chi connectivity index (χ4n) is 1.49. The highest BCUT2D eigenvalue weighted by Crippen LogP contribution is 2.04. The monoisotopic (exact) mass is 230 g/mol. The molecule has 1 N–H and O–H groups in total. The number of carbonyl (C=O) groups excluding carboxylic acids is 1. The molecule has 0 aliphatic rings. The number of anilines is 1. The molecule has 0 saturated carbocycles. The zero-order valence-corrected chi connectivity index (χ0v) is 9.93. The molecule has 0 saturated heterocycles. The lowest BCUT2D eigenvalue weighted by molar-refractivity contribution is -0.117. The van der Waals surface area contributed by atoms with Crippen LogP contribution in [0.15, 0.2) is 55.6 Å². The number of hydrogen-bond donors (Lipinski definition) is 1. The van der Waals surface area contributed by atoms with Crippen LogP contribution < -0.4 is 5.32 Å². The van der Waals surface area contributed by atoms with Gasteiger partial charge in [0.15, 0.2) is 0 Å². The third kappa shape index (κ3) is 5.13. The summed E-state index contributed by atoms with van der Waals surface area (Å²) in [4.78, 5) is 13.7. The predicted molar refractivity (Wildman–Crippen MR) is 71.9 cm³/mol. The summed E-state index contributed by atoms with van der Waals surface area (Å²) in [5.41, 5.74) is 0.814. The van der Waals surface area contributed by atoms with Gasteiger partial charge in [0.25, 0.3) is 0 Å². The molecule has 1 amide bonds. The molecule has 0 fully saturated rings. The molecule has 0 unspecified atom stereocenters. The fraction of sp³-hybridized carbons (Fsp3) is 0.214. The third-order valence-corrected chi connectivity index (χ3v) is 2.20. The van der Waals surface area contributed by atoms with E-state index in [9.17, 15) is 4.79 Å². The highest BCUT2D eigenvalue weighted by Gasteiger charge is 2.07. The normalized spacial score (nSPS) is 9.94. The first-order chi connectivity index (χ1) is 8.26. The molecule has 3 nitrogen and oxygen atoms in total. The highest BCUT2D eigenvalue weighted by atomic mass is 16.2. The second kappa shape index (κ2) is 7.41. The SMILES string of the molecule is C=CCN(CC=C)CC(=O)Nc1ccccc1. The molecular weight excluding hydrogens is 212 g/mol. The lowest BCUT2D eigenvalue weighted by atomic mass is 10.3. The first kappa shape index (κ1) is 13.2. The minimum Gasteiger partial charge on any atom is -0.325 e. The van der Waals surface area contributed by atoms with Gasteiger partial charge in [-0.3, -0.25) is 9.69 Å². The van der Waals surface area contributed by atoms with Crippen molar-refractivity contribution in [2.75, 3.05) is 25.0 Å². The molecule has 0 aromatic heterocycles. The molecule has 17 heavy (non-hydrogen) atoms. The Labute approximate surface area is 102 Å². The molecule has 0 aliphatic heterocycles. The summed E-state index contributed by atoms with van der Waals surface area (Å²) in [6.45, 7) is 9.02.